The number of amides is 4. The van der Waals surface area contributed by atoms with Gasteiger partial charge in [0.25, 0.3) is 5.91 Å². The molecule has 15 N–H and O–H groups in total. The number of alkyl carbamates (subject to hydrolysis) is 1. The van der Waals surface area contributed by atoms with Gasteiger partial charge in [-0.25, -0.2) is 35.0 Å². The van der Waals surface area contributed by atoms with Gasteiger partial charge < -0.3 is 77.7 Å². The average Bonchev–Trinajstić information content (AvgIpc) is 1.86. The number of benzene rings is 1. The Labute approximate surface area is 517 Å². The van der Waals surface area contributed by atoms with Gasteiger partial charge in [0.2, 0.25) is 23.6 Å². The number of nitrogen functional groups attached to an aromatic ring is 1. The molecule has 2 aliphatic rings. The lowest BCUT2D eigenvalue weighted by atomic mass is 9.87. The van der Waals surface area contributed by atoms with Crippen LogP contribution in [0.3, 0.4) is 0 Å². The van der Waals surface area contributed by atoms with Crippen LogP contribution in [0.4, 0.5) is 16.4 Å². The molecule has 27 heteroatoms. The minimum absolute atomic E-state index is 0.0537. The quantitative estimate of drug-likeness (QED) is 0.0125. The number of nitrogens with two attached hydrogens (primary N) is 3. The molecule has 27 nitrogen and oxygen atoms in total. The number of hydrogen-bond acceptors (Lipinski definition) is 21. The van der Waals surface area contributed by atoms with Crippen LogP contribution in [0.2, 0.25) is 0 Å². The van der Waals surface area contributed by atoms with Gasteiger partial charge in [-0.1, -0.05) is 73.6 Å². The Balaban J connectivity index is 1.00. The molecule has 2 aromatic heterocycles. The monoisotopic (exact) mass is 1240 g/mol. The number of nitrogens with one attached hydrogen (secondary N) is 5. The lowest BCUT2D eigenvalue weighted by molar-refractivity contribution is -0.143. The van der Waals surface area contributed by atoms with E-state index in [2.05, 4.69) is 59.5 Å². The fraction of sp³-hybridized carbons (Fsp3) is 0.468. The largest absolute Gasteiger partial charge is 0.492 e. The predicted molar refractivity (Wildman–Crippen MR) is 331 cm³/mol. The number of esters is 1. The summed E-state index contributed by atoms with van der Waals surface area (Å²) in [6.45, 7) is 11.8. The van der Waals surface area contributed by atoms with Crippen molar-refractivity contribution in [1.29, 1.82) is 0 Å². The summed E-state index contributed by atoms with van der Waals surface area (Å²) in [6, 6.07) is 2.57. The smallest absolute Gasteiger partial charge is 0.407 e. The Bertz CT molecular complexity index is 3150. The number of aliphatic hydroxyl groups excluding tert-OH is 1. The van der Waals surface area contributed by atoms with Gasteiger partial charge in [0.05, 0.1) is 49.4 Å². The summed E-state index contributed by atoms with van der Waals surface area (Å²) in [6.07, 6.45) is 19.8. The van der Waals surface area contributed by atoms with E-state index in [1.165, 1.54) is 23.5 Å². The molecule has 1 saturated heterocycles. The molecule has 3 aromatic rings. The first-order valence-electron chi connectivity index (χ1n) is 29.5. The van der Waals surface area contributed by atoms with Crippen molar-refractivity contribution in [2.45, 2.75) is 161 Å². The second-order valence-electron chi connectivity index (χ2n) is 22.2. The number of carboxylic acid groups (broad SMARTS) is 2. The third-order valence-corrected chi connectivity index (χ3v) is 14.4. The minimum Gasteiger partial charge on any atom is -0.492 e. The van der Waals surface area contributed by atoms with Crippen molar-refractivity contribution in [3.05, 3.63) is 126 Å². The number of aliphatic carboxylic acids is 2. The summed E-state index contributed by atoms with van der Waals surface area (Å²) in [4.78, 5) is 104. The number of anilines is 2. The van der Waals surface area contributed by atoms with Crippen LogP contribution in [0.25, 0.3) is 11.2 Å². The number of carbonyl (C=O) groups is 7. The first kappa shape index (κ1) is 70.6. The van der Waals surface area contributed by atoms with Gasteiger partial charge in [0.1, 0.15) is 18.2 Å². The number of allylic oxidation sites excluding steroid dienone is 7. The second kappa shape index (κ2) is 35.6. The summed E-state index contributed by atoms with van der Waals surface area (Å²) in [5, 5.41) is 55.5. The van der Waals surface area contributed by atoms with Crippen molar-refractivity contribution in [1.82, 2.24) is 46.2 Å². The molecule has 2 aliphatic heterocycles. The molecule has 0 aliphatic carbocycles. The molecule has 482 valence electrons. The topological polar surface area (TPSA) is 421 Å². The molecule has 10 atom stereocenters. The number of aromatic nitrogens is 4. The SMILES string of the molecule is C/C=C/C1OC([C@@H](/C=C/C=C(\C)C[C@@H](C)/C=C(C)\C=C\C2CC=CC(=O)O2)NC(=O)OCC/C(N)=C/N(N)CCC[C@H](NC(=O)CC[C@H](NC(=O)CC[C@@H](C)NC(=O)c2ccc(NCc3cnc4nc(N)nc(O)c4n3)cc2)C(=O)O)C(=O)O)C[C@@H](O)[C@@H]1C. The summed E-state index contributed by atoms with van der Waals surface area (Å²) in [5.41, 5.74) is 15.8. The lowest BCUT2D eigenvalue weighted by Crippen LogP contribution is -2.51. The Morgan fingerprint density at radius 3 is 2.30 bits per heavy atom. The standard InChI is InChI=1S/C62H85N13O14/c1-7-11-50-40(6)49(76)32-51(89-50)46(14-8-12-36(2)30-38(4)31-37(3)17-23-45-13-9-16-54(79)88-45)72-62(86)87-29-27-42(63)35-75(65)28-10-15-47(59(82)83)70-53(78)26-24-48(60(84)85)71-52(77)25-18-39(5)68-57(80)41-19-21-43(22-20-41)66-33-44-34-67-56-55(69-44)58(81)74-61(64)73-56/h7-9,11-12,14,16-17,19-23,31,34-35,38-40,45-51,66,76H,10,13,15,18,24-30,32-33,63,65H2,1-6H3,(H,68,80)(H,70,78)(H,71,77)(H,72,86)(H,82,83)(H,84,85)(H3,64,67,73,74,81)/b11-7+,14-8+,23-17+,36-12+,37-31-,42-35-/t38-,39-,40+,45?,46-,47+,48+,49-,50?,51?/m1/s1. The van der Waals surface area contributed by atoms with Gasteiger partial charge in [0.15, 0.2) is 11.2 Å². The summed E-state index contributed by atoms with van der Waals surface area (Å²) >= 11 is 0. The van der Waals surface area contributed by atoms with Gasteiger partial charge in [-0.15, -0.1) is 0 Å². The molecule has 4 heterocycles. The van der Waals surface area contributed by atoms with E-state index < -0.39 is 84.4 Å². The van der Waals surface area contributed by atoms with E-state index in [0.717, 1.165) is 17.6 Å². The van der Waals surface area contributed by atoms with Crippen molar-refractivity contribution in [3.8, 4) is 5.88 Å². The van der Waals surface area contributed by atoms with Crippen molar-refractivity contribution in [2.75, 3.05) is 24.2 Å². The maximum absolute atomic E-state index is 13.2. The Morgan fingerprint density at radius 1 is 0.921 bits per heavy atom. The number of ether oxygens (including phenoxy) is 3. The highest BCUT2D eigenvalue weighted by Gasteiger charge is 2.37. The minimum atomic E-state index is -1.46. The zero-order chi connectivity index (χ0) is 65.2. The zero-order valence-corrected chi connectivity index (χ0v) is 51.0. The van der Waals surface area contributed by atoms with Crippen LogP contribution in [0.15, 0.2) is 114 Å². The molecule has 1 fully saturated rings. The number of hydrogen-bond donors (Lipinski definition) is 12. The molecule has 0 radical (unpaired) electrons. The fourth-order valence-electron chi connectivity index (χ4n) is 9.62. The van der Waals surface area contributed by atoms with E-state index in [1.807, 2.05) is 64.2 Å². The fourth-order valence-corrected chi connectivity index (χ4v) is 9.62. The van der Waals surface area contributed by atoms with E-state index in [-0.39, 0.29) is 117 Å². The van der Waals surface area contributed by atoms with E-state index >= 15 is 0 Å². The summed E-state index contributed by atoms with van der Waals surface area (Å²) in [7, 11) is 0. The predicted octanol–water partition coefficient (Wildman–Crippen LogP) is 5.01. The number of rotatable bonds is 33. The zero-order valence-electron chi connectivity index (χ0n) is 51.0. The molecule has 4 amide bonds. The molecule has 1 aromatic carbocycles. The first-order chi connectivity index (χ1) is 42.3. The van der Waals surface area contributed by atoms with Crippen LogP contribution < -0.4 is 43.9 Å². The number of hydrazine groups is 1. The van der Waals surface area contributed by atoms with Crippen molar-refractivity contribution in [3.63, 3.8) is 0 Å². The van der Waals surface area contributed by atoms with Gasteiger partial charge >= 0.3 is 24.0 Å². The lowest BCUT2D eigenvalue weighted by Gasteiger charge is -2.39. The molecule has 0 saturated carbocycles. The first-order valence-corrected chi connectivity index (χ1v) is 29.5. The highest BCUT2D eigenvalue weighted by Crippen LogP contribution is 2.29. The average molecular weight is 1240 g/mol. The molecule has 5 rings (SSSR count). The Kier molecular flexibility index (Phi) is 28.2. The van der Waals surface area contributed by atoms with Gasteiger partial charge in [-0.2, -0.15) is 9.97 Å². The van der Waals surface area contributed by atoms with E-state index in [9.17, 15) is 54.0 Å². The number of aromatic hydroxyl groups is 1. The maximum atomic E-state index is 13.2. The highest BCUT2D eigenvalue weighted by atomic mass is 16.6. The normalized spacial score (nSPS) is 19.9. The van der Waals surface area contributed by atoms with Crippen LogP contribution >= 0.6 is 0 Å². The van der Waals surface area contributed by atoms with Crippen molar-refractivity contribution < 1.29 is 68.2 Å². The third kappa shape index (κ3) is 24.8. The number of cyclic esters (lactones) is 1. The number of nitrogens with zero attached hydrogens (tertiary/aromatic N) is 5. The van der Waals surface area contributed by atoms with E-state index in [1.54, 1.807) is 43.3 Å². The van der Waals surface area contributed by atoms with Crippen LogP contribution in [-0.2, 0) is 44.7 Å². The van der Waals surface area contributed by atoms with E-state index in [0.29, 0.717) is 23.4 Å². The number of carboxylic acids is 2. The van der Waals surface area contributed by atoms with Crippen LogP contribution in [0.1, 0.15) is 122 Å². The Morgan fingerprint density at radius 2 is 1.62 bits per heavy atom. The van der Waals surface area contributed by atoms with E-state index in [4.69, 9.17) is 31.5 Å². The Hall–Kier alpha value is -9.21. The van der Waals surface area contributed by atoms with Crippen molar-refractivity contribution >= 4 is 64.5 Å². The second-order valence-corrected chi connectivity index (χ2v) is 22.2. The maximum Gasteiger partial charge on any atom is 0.407 e. The summed E-state index contributed by atoms with van der Waals surface area (Å²) in [5.74, 6) is 0.749. The van der Waals surface area contributed by atoms with Crippen LogP contribution in [0, 0.1) is 11.8 Å². The molecular formula is C62H85N13O14. The van der Waals surface area contributed by atoms with Crippen LogP contribution in [0.5, 0.6) is 5.88 Å². The molecule has 89 heavy (non-hydrogen) atoms. The highest BCUT2D eigenvalue weighted by molar-refractivity contribution is 5.95. The van der Waals surface area contributed by atoms with Gasteiger partial charge in [-0.05, 0) is 96.1 Å². The van der Waals surface area contributed by atoms with Crippen LogP contribution in [-0.4, -0.2) is 149 Å². The van der Waals surface area contributed by atoms with Crippen molar-refractivity contribution in [2.24, 2.45) is 23.4 Å². The molecule has 0 bridgehead atoms. The number of fused-ring (bicyclic) bond motifs is 1. The molecule has 0 spiro atoms. The third-order valence-electron chi connectivity index (χ3n) is 14.4. The number of aliphatic hydroxyl groups is 1. The van der Waals surface area contributed by atoms with Gasteiger partial charge in [-0.3, -0.25) is 14.4 Å². The number of carbonyl (C=O) groups excluding carboxylic acids is 5. The molecule has 3 unspecified atom stereocenters. The van der Waals surface area contributed by atoms with Gasteiger partial charge in [0, 0.05) is 79.8 Å². The molecular weight excluding hydrogens is 1150 g/mol. The summed E-state index contributed by atoms with van der Waals surface area (Å²) < 4.78 is 17.2.